The van der Waals surface area contributed by atoms with Crippen LogP contribution in [0, 0.1) is 0 Å². The average molecular weight is 292 g/mol. The summed E-state index contributed by atoms with van der Waals surface area (Å²) in [5.74, 6) is -1.12. The van der Waals surface area contributed by atoms with Gasteiger partial charge < -0.3 is 10.4 Å². The fraction of sp³-hybridized carbons (Fsp3) is 0.500. The minimum Gasteiger partial charge on any atom is -0.481 e. The number of carbonyl (C=O) groups excluding carboxylic acids is 1. The molecule has 2 rings (SSSR count). The predicted octanol–water partition coefficient (Wildman–Crippen LogP) is 0.614. The van der Waals surface area contributed by atoms with Crippen molar-refractivity contribution in [1.82, 2.24) is 20.3 Å². The maximum Gasteiger partial charge on any atom is 0.305 e. The Hall–Kier alpha value is -1.99. The first-order valence-corrected chi connectivity index (χ1v) is 6.96. The van der Waals surface area contributed by atoms with Crippen molar-refractivity contribution in [3.8, 4) is 0 Å². The average Bonchev–Trinajstić information content (AvgIpc) is 2.48. The molecule has 1 aliphatic rings. The van der Waals surface area contributed by atoms with Gasteiger partial charge in [-0.2, -0.15) is 0 Å². The van der Waals surface area contributed by atoms with Crippen LogP contribution < -0.4 is 5.32 Å². The molecule has 1 aromatic heterocycles. The summed E-state index contributed by atoms with van der Waals surface area (Å²) in [4.78, 5) is 27.3. The van der Waals surface area contributed by atoms with Crippen molar-refractivity contribution in [2.75, 3.05) is 19.8 Å². The molecule has 1 aromatic rings. The number of aromatic nitrogens is 1. The Morgan fingerprint density at radius 1 is 1.57 bits per heavy atom. The topological polar surface area (TPSA) is 85.8 Å². The molecule has 21 heavy (non-hydrogen) atoms. The summed E-state index contributed by atoms with van der Waals surface area (Å²) in [5, 5.41) is 15.8. The van der Waals surface area contributed by atoms with Gasteiger partial charge >= 0.3 is 5.97 Å². The number of hydrogen-bond acceptors (Lipinski definition) is 5. The summed E-state index contributed by atoms with van der Waals surface area (Å²) in [6.07, 6.45) is 4.00. The third-order valence-electron chi connectivity index (χ3n) is 3.42. The molecule has 2 heterocycles. The number of pyridine rings is 1. The number of hydrogen-bond donors (Lipinski definition) is 2. The lowest BCUT2D eigenvalue weighted by molar-refractivity contribution is -0.160. The Balaban J connectivity index is 2.30. The molecule has 114 valence electrons. The van der Waals surface area contributed by atoms with Crippen molar-refractivity contribution in [3.63, 3.8) is 0 Å². The lowest BCUT2D eigenvalue weighted by atomic mass is 10.0. The van der Waals surface area contributed by atoms with Gasteiger partial charge in [-0.15, -0.1) is 0 Å². The van der Waals surface area contributed by atoms with E-state index in [9.17, 15) is 14.7 Å². The Kier molecular flexibility index (Phi) is 5.24. The monoisotopic (exact) mass is 292 g/mol. The van der Waals surface area contributed by atoms with Crippen molar-refractivity contribution in [3.05, 3.63) is 30.1 Å². The van der Waals surface area contributed by atoms with Crippen LogP contribution in [-0.4, -0.2) is 51.7 Å². The lowest BCUT2D eigenvalue weighted by Gasteiger charge is -2.41. The molecule has 0 saturated carbocycles. The third-order valence-corrected chi connectivity index (χ3v) is 3.42. The molecule has 0 aliphatic carbocycles. The maximum absolute atomic E-state index is 12.1. The van der Waals surface area contributed by atoms with Crippen LogP contribution in [0.3, 0.4) is 0 Å². The molecule has 0 bridgehead atoms. The van der Waals surface area contributed by atoms with Crippen LogP contribution in [0.15, 0.2) is 24.5 Å². The molecule has 0 unspecified atom stereocenters. The molecule has 2 N–H and O–H groups in total. The molecule has 7 heteroatoms. The maximum atomic E-state index is 12.1. The van der Waals surface area contributed by atoms with Gasteiger partial charge in [0.05, 0.1) is 19.1 Å². The number of nitrogens with zero attached hydrogens (tertiary/aromatic N) is 3. The van der Waals surface area contributed by atoms with Gasteiger partial charge in [0.15, 0.2) is 0 Å². The van der Waals surface area contributed by atoms with E-state index in [1.54, 1.807) is 24.5 Å². The third kappa shape index (κ3) is 3.99. The molecule has 1 atom stereocenters. The number of carboxylic acid groups (broad SMARTS) is 1. The number of carboxylic acids is 1. The SMILES string of the molecule is CC(=O)N([C@@H](CC(=O)O)c1cccnc1)N1CCCNC1. The second-order valence-corrected chi connectivity index (χ2v) is 5.01. The second-order valence-electron chi connectivity index (χ2n) is 5.01. The largest absolute Gasteiger partial charge is 0.481 e. The van der Waals surface area contributed by atoms with E-state index in [-0.39, 0.29) is 12.3 Å². The Morgan fingerprint density at radius 3 is 2.90 bits per heavy atom. The van der Waals surface area contributed by atoms with Crippen LogP contribution in [0.1, 0.15) is 31.4 Å². The molecule has 7 nitrogen and oxygen atoms in total. The molecule has 1 amide bonds. The minimum atomic E-state index is -0.944. The molecule has 1 aliphatic heterocycles. The number of hydrazine groups is 1. The highest BCUT2D eigenvalue weighted by atomic mass is 16.4. The van der Waals surface area contributed by atoms with Crippen LogP contribution in [0.25, 0.3) is 0 Å². The van der Waals surface area contributed by atoms with Crippen molar-refractivity contribution < 1.29 is 14.7 Å². The van der Waals surface area contributed by atoms with E-state index >= 15 is 0 Å². The summed E-state index contributed by atoms with van der Waals surface area (Å²) >= 11 is 0. The lowest BCUT2D eigenvalue weighted by Crippen LogP contribution is -2.54. The summed E-state index contributed by atoms with van der Waals surface area (Å²) in [5.41, 5.74) is 0.723. The highest BCUT2D eigenvalue weighted by Gasteiger charge is 2.31. The summed E-state index contributed by atoms with van der Waals surface area (Å²) in [7, 11) is 0. The van der Waals surface area contributed by atoms with Gasteiger partial charge in [-0.05, 0) is 24.6 Å². The molecular weight excluding hydrogens is 272 g/mol. The molecule has 1 fully saturated rings. The minimum absolute atomic E-state index is 0.151. The van der Waals surface area contributed by atoms with Crippen molar-refractivity contribution >= 4 is 11.9 Å². The summed E-state index contributed by atoms with van der Waals surface area (Å²) in [6.45, 7) is 3.62. The van der Waals surface area contributed by atoms with Gasteiger partial charge in [0.1, 0.15) is 0 Å². The van der Waals surface area contributed by atoms with Crippen molar-refractivity contribution in [1.29, 1.82) is 0 Å². The van der Waals surface area contributed by atoms with E-state index in [2.05, 4.69) is 10.3 Å². The van der Waals surface area contributed by atoms with E-state index in [0.717, 1.165) is 25.1 Å². The Morgan fingerprint density at radius 2 is 2.38 bits per heavy atom. The van der Waals surface area contributed by atoms with Gasteiger partial charge in [0.2, 0.25) is 5.91 Å². The van der Waals surface area contributed by atoms with E-state index in [4.69, 9.17) is 0 Å². The molecule has 0 spiro atoms. The first-order chi connectivity index (χ1) is 10.1. The number of nitrogens with one attached hydrogen (secondary N) is 1. The Labute approximate surface area is 123 Å². The van der Waals surface area contributed by atoms with E-state index < -0.39 is 12.0 Å². The molecule has 0 aromatic carbocycles. The predicted molar refractivity (Wildman–Crippen MR) is 75.9 cm³/mol. The first-order valence-electron chi connectivity index (χ1n) is 6.96. The zero-order chi connectivity index (χ0) is 15.2. The highest BCUT2D eigenvalue weighted by molar-refractivity contribution is 5.75. The number of rotatable bonds is 5. The van der Waals surface area contributed by atoms with E-state index in [1.165, 1.54) is 11.9 Å². The van der Waals surface area contributed by atoms with Crippen molar-refractivity contribution in [2.45, 2.75) is 25.8 Å². The van der Waals surface area contributed by atoms with Gasteiger partial charge in [0, 0.05) is 25.9 Å². The van der Waals surface area contributed by atoms with E-state index in [0.29, 0.717) is 6.67 Å². The quantitative estimate of drug-likeness (QED) is 0.827. The van der Waals surface area contributed by atoms with Gasteiger partial charge in [-0.3, -0.25) is 19.6 Å². The fourth-order valence-electron chi connectivity index (χ4n) is 2.56. The number of aliphatic carboxylic acids is 1. The normalized spacial score (nSPS) is 17.2. The second kappa shape index (κ2) is 7.14. The fourth-order valence-corrected chi connectivity index (χ4v) is 2.56. The van der Waals surface area contributed by atoms with Crippen molar-refractivity contribution in [2.24, 2.45) is 0 Å². The van der Waals surface area contributed by atoms with Gasteiger partial charge in [-0.25, -0.2) is 5.01 Å². The van der Waals surface area contributed by atoms with Crippen LogP contribution in [0.5, 0.6) is 0 Å². The Bertz CT molecular complexity index is 488. The summed E-state index contributed by atoms with van der Waals surface area (Å²) in [6, 6.07) is 3.00. The number of amides is 1. The smallest absolute Gasteiger partial charge is 0.305 e. The molecular formula is C14H20N4O3. The highest BCUT2D eigenvalue weighted by Crippen LogP contribution is 2.26. The van der Waals surface area contributed by atoms with Crippen LogP contribution >= 0.6 is 0 Å². The van der Waals surface area contributed by atoms with Crippen LogP contribution in [0.4, 0.5) is 0 Å². The first kappa shape index (κ1) is 15.4. The standard InChI is InChI=1S/C14H20N4O3/c1-11(19)18(17-7-3-6-16-10-17)13(8-14(20)21)12-4-2-5-15-9-12/h2,4-5,9,13,16H,3,6-8,10H2,1H3,(H,20,21)/t13-/m0/s1. The zero-order valence-electron chi connectivity index (χ0n) is 12.0. The van der Waals surface area contributed by atoms with Gasteiger partial charge in [0.25, 0.3) is 0 Å². The van der Waals surface area contributed by atoms with Gasteiger partial charge in [-0.1, -0.05) is 6.07 Å². The van der Waals surface area contributed by atoms with E-state index in [1.807, 2.05) is 5.01 Å². The zero-order valence-corrected chi connectivity index (χ0v) is 12.0. The summed E-state index contributed by atoms with van der Waals surface area (Å²) < 4.78 is 0. The number of carbonyl (C=O) groups is 2. The van der Waals surface area contributed by atoms with Crippen LogP contribution in [0.2, 0.25) is 0 Å². The molecule has 0 radical (unpaired) electrons. The van der Waals surface area contributed by atoms with Crippen LogP contribution in [-0.2, 0) is 9.59 Å². The molecule has 1 saturated heterocycles.